The number of thiophene rings is 1. The molecule has 3 aromatic heterocycles. The molecule has 1 fully saturated rings. The zero-order valence-corrected chi connectivity index (χ0v) is 19.2. The van der Waals surface area contributed by atoms with Gasteiger partial charge in [0.2, 0.25) is 0 Å². The van der Waals surface area contributed by atoms with Crippen LogP contribution in [0.5, 0.6) is 0 Å². The van der Waals surface area contributed by atoms with Crippen molar-refractivity contribution < 1.29 is 4.79 Å². The van der Waals surface area contributed by atoms with Crippen LogP contribution in [0.3, 0.4) is 0 Å². The molecule has 0 aromatic carbocycles. The van der Waals surface area contributed by atoms with Gasteiger partial charge >= 0.3 is 5.69 Å². The summed E-state index contributed by atoms with van der Waals surface area (Å²) in [5.74, 6) is 0.407. The van der Waals surface area contributed by atoms with Crippen LogP contribution in [0.25, 0.3) is 10.7 Å². The number of Topliss-reactive ketones (excluding diaryl/α,β-unsaturated/α-hetero) is 1. The molecule has 0 spiro atoms. The molecule has 1 saturated carbocycles. The Labute approximate surface area is 186 Å². The summed E-state index contributed by atoms with van der Waals surface area (Å²) in [6.45, 7) is 4.20. The predicted octanol–water partition coefficient (Wildman–Crippen LogP) is 2.42. The Bertz CT molecular complexity index is 1240. The first-order chi connectivity index (χ1) is 14.8. The van der Waals surface area contributed by atoms with Gasteiger partial charge in [-0.3, -0.25) is 23.3 Å². The molecule has 0 bridgehead atoms. The number of hydrogen-bond acceptors (Lipinski definition) is 8. The third-order valence-electron chi connectivity index (χ3n) is 5.06. The number of anilines is 1. The Morgan fingerprint density at radius 1 is 1.32 bits per heavy atom. The van der Waals surface area contributed by atoms with E-state index >= 15 is 0 Å². The molecule has 0 amide bonds. The number of rotatable bonds is 8. The van der Waals surface area contributed by atoms with E-state index in [-0.39, 0.29) is 23.1 Å². The lowest BCUT2D eigenvalue weighted by molar-refractivity contribution is 0.102. The Hall–Kier alpha value is -2.66. The van der Waals surface area contributed by atoms with Gasteiger partial charge < -0.3 is 5.73 Å². The Balaban J connectivity index is 1.63. The summed E-state index contributed by atoms with van der Waals surface area (Å²) < 4.78 is 4.31. The molecule has 0 unspecified atom stereocenters. The maximum absolute atomic E-state index is 13.0. The van der Waals surface area contributed by atoms with Crippen molar-refractivity contribution in [2.75, 3.05) is 11.5 Å². The van der Waals surface area contributed by atoms with E-state index in [0.29, 0.717) is 17.7 Å². The molecule has 1 aliphatic rings. The van der Waals surface area contributed by atoms with Crippen molar-refractivity contribution in [3.63, 3.8) is 0 Å². The lowest BCUT2D eigenvalue weighted by Crippen LogP contribution is -2.43. The normalized spacial score (nSPS) is 13.8. The average Bonchev–Trinajstić information content (AvgIpc) is 3.24. The van der Waals surface area contributed by atoms with Crippen LogP contribution in [0.15, 0.2) is 32.3 Å². The molecule has 0 saturated heterocycles. The van der Waals surface area contributed by atoms with E-state index < -0.39 is 17.0 Å². The third-order valence-corrected chi connectivity index (χ3v) is 6.87. The maximum atomic E-state index is 13.0. The molecule has 31 heavy (non-hydrogen) atoms. The number of nitrogen functional groups attached to an aromatic ring is 1. The van der Waals surface area contributed by atoms with E-state index in [1.54, 1.807) is 11.3 Å². The van der Waals surface area contributed by atoms with Crippen molar-refractivity contribution in [3.05, 3.63) is 43.9 Å². The smallest absolute Gasteiger partial charge is 0.332 e. The molecule has 0 radical (unpaired) electrons. The summed E-state index contributed by atoms with van der Waals surface area (Å²) in [6, 6.07) is 4.29. The minimum Gasteiger partial charge on any atom is -0.384 e. The summed E-state index contributed by atoms with van der Waals surface area (Å²) in [5, 5.41) is 11.3. The first kappa shape index (κ1) is 21.6. The van der Waals surface area contributed by atoms with Gasteiger partial charge in [0, 0.05) is 19.6 Å². The molecular formula is C20H24N6O3S2. The number of nitrogens with two attached hydrogens (primary N) is 1. The Morgan fingerprint density at radius 2 is 2.06 bits per heavy atom. The number of thioether (sulfide) groups is 1. The van der Waals surface area contributed by atoms with Crippen LogP contribution in [0.1, 0.15) is 43.1 Å². The second-order valence-corrected chi connectivity index (χ2v) is 9.90. The number of hydrogen-bond donors (Lipinski definition) is 1. The number of carbonyl (C=O) groups is 1. The van der Waals surface area contributed by atoms with Gasteiger partial charge in [-0.15, -0.1) is 21.5 Å². The van der Waals surface area contributed by atoms with Crippen LogP contribution in [0, 0.1) is 5.92 Å². The minimum absolute atomic E-state index is 0.0192. The number of carbonyl (C=O) groups excluding carboxylic acids is 1. The minimum atomic E-state index is -0.670. The van der Waals surface area contributed by atoms with Crippen molar-refractivity contribution >= 4 is 34.7 Å². The van der Waals surface area contributed by atoms with Gasteiger partial charge in [-0.1, -0.05) is 31.7 Å². The van der Waals surface area contributed by atoms with Crippen LogP contribution >= 0.6 is 23.1 Å². The zero-order chi connectivity index (χ0) is 22.3. The Morgan fingerprint density at radius 3 is 2.68 bits per heavy atom. The molecule has 4 rings (SSSR count). The van der Waals surface area contributed by atoms with Gasteiger partial charge in [0.1, 0.15) is 11.4 Å². The van der Waals surface area contributed by atoms with Gasteiger partial charge in [0.25, 0.3) is 5.56 Å². The number of nitrogens with zero attached hydrogens (tertiary/aromatic N) is 5. The van der Waals surface area contributed by atoms with Gasteiger partial charge in [-0.2, -0.15) is 0 Å². The summed E-state index contributed by atoms with van der Waals surface area (Å²) in [6.07, 6.45) is 2.09. The van der Waals surface area contributed by atoms with Crippen molar-refractivity contribution in [1.82, 2.24) is 23.9 Å². The molecular weight excluding hydrogens is 436 g/mol. The SMILES string of the molecule is CC(C)Cn1c(N)c(C(=O)CSc2nnc(-c3cccs3)n2C2CC2)c(=O)n(C)c1=O. The highest BCUT2D eigenvalue weighted by atomic mass is 32.2. The van der Waals surface area contributed by atoms with E-state index in [9.17, 15) is 14.4 Å². The molecule has 3 aromatic rings. The van der Waals surface area contributed by atoms with E-state index in [2.05, 4.69) is 14.8 Å². The second kappa shape index (κ2) is 8.46. The fraction of sp³-hybridized carbons (Fsp3) is 0.450. The Kier molecular flexibility index (Phi) is 5.89. The van der Waals surface area contributed by atoms with Crippen LogP contribution in [-0.4, -0.2) is 35.4 Å². The van der Waals surface area contributed by atoms with Crippen LogP contribution in [0.2, 0.25) is 0 Å². The largest absolute Gasteiger partial charge is 0.384 e. The molecule has 9 nitrogen and oxygen atoms in total. The van der Waals surface area contributed by atoms with Crippen LogP contribution in [-0.2, 0) is 13.6 Å². The molecule has 0 atom stereocenters. The number of aromatic nitrogens is 5. The zero-order valence-electron chi connectivity index (χ0n) is 17.6. The van der Waals surface area contributed by atoms with Crippen molar-refractivity contribution in [1.29, 1.82) is 0 Å². The second-order valence-electron chi connectivity index (χ2n) is 8.01. The summed E-state index contributed by atoms with van der Waals surface area (Å²) in [7, 11) is 1.36. The molecule has 3 heterocycles. The highest BCUT2D eigenvalue weighted by Gasteiger charge is 2.31. The van der Waals surface area contributed by atoms with Crippen LogP contribution < -0.4 is 17.0 Å². The van der Waals surface area contributed by atoms with Gasteiger partial charge in [-0.25, -0.2) is 4.79 Å². The van der Waals surface area contributed by atoms with Crippen molar-refractivity contribution in [2.24, 2.45) is 13.0 Å². The van der Waals surface area contributed by atoms with E-state index in [1.165, 1.54) is 23.4 Å². The standard InChI is InChI=1S/C20H24N6O3S2/c1-11(2)9-25-16(21)15(18(28)24(3)20(25)29)13(27)10-31-19-23-22-17(14-5-4-8-30-14)26(19)12-6-7-12/h4-5,8,11-12H,6-7,9-10,21H2,1-3H3. The van der Waals surface area contributed by atoms with Gasteiger partial charge in [0.05, 0.1) is 10.6 Å². The molecule has 0 aliphatic heterocycles. The van der Waals surface area contributed by atoms with Crippen molar-refractivity contribution in [2.45, 2.75) is 44.4 Å². The summed E-state index contributed by atoms with van der Waals surface area (Å²) in [4.78, 5) is 39.1. The first-order valence-electron chi connectivity index (χ1n) is 10.0. The first-order valence-corrected chi connectivity index (χ1v) is 11.9. The number of ketones is 1. The van der Waals surface area contributed by atoms with Gasteiger partial charge in [0.15, 0.2) is 16.8 Å². The fourth-order valence-electron chi connectivity index (χ4n) is 3.40. The predicted molar refractivity (Wildman–Crippen MR) is 122 cm³/mol. The summed E-state index contributed by atoms with van der Waals surface area (Å²) >= 11 is 2.83. The maximum Gasteiger partial charge on any atom is 0.332 e. The van der Waals surface area contributed by atoms with E-state index in [4.69, 9.17) is 5.73 Å². The quantitative estimate of drug-likeness (QED) is 0.405. The van der Waals surface area contributed by atoms with E-state index in [1.807, 2.05) is 31.4 Å². The molecule has 11 heteroatoms. The molecule has 2 N–H and O–H groups in total. The highest BCUT2D eigenvalue weighted by Crippen LogP contribution is 2.41. The van der Waals surface area contributed by atoms with Crippen molar-refractivity contribution in [3.8, 4) is 10.7 Å². The van der Waals surface area contributed by atoms with E-state index in [0.717, 1.165) is 28.1 Å². The highest BCUT2D eigenvalue weighted by molar-refractivity contribution is 7.99. The topological polar surface area (TPSA) is 118 Å². The monoisotopic (exact) mass is 460 g/mol. The molecule has 164 valence electrons. The molecule has 1 aliphatic carbocycles. The fourth-order valence-corrected chi connectivity index (χ4v) is 4.98. The average molecular weight is 461 g/mol. The lowest BCUT2D eigenvalue weighted by Gasteiger charge is -2.16. The third kappa shape index (κ3) is 4.11. The van der Waals surface area contributed by atoms with Crippen LogP contribution in [0.4, 0.5) is 5.82 Å². The lowest BCUT2D eigenvalue weighted by atomic mass is 10.2. The summed E-state index contributed by atoms with van der Waals surface area (Å²) in [5.41, 5.74) is 4.78. The van der Waals surface area contributed by atoms with Gasteiger partial charge in [-0.05, 0) is 30.2 Å².